The Labute approximate surface area is 148 Å². The van der Waals surface area contributed by atoms with Crippen molar-refractivity contribution >= 4 is 39.3 Å². The summed E-state index contributed by atoms with van der Waals surface area (Å²) in [6.07, 6.45) is 1.34. The fourth-order valence-corrected chi connectivity index (χ4v) is 2.91. The van der Waals surface area contributed by atoms with Gasteiger partial charge >= 0.3 is 5.97 Å². The van der Waals surface area contributed by atoms with E-state index < -0.39 is 16.0 Å². The molecule has 4 N–H and O–H groups in total. The topological polar surface area (TPSA) is 144 Å². The number of imidazole rings is 1. The molecule has 0 saturated heterocycles. The van der Waals surface area contributed by atoms with Gasteiger partial charge in [0.1, 0.15) is 5.69 Å². The highest BCUT2D eigenvalue weighted by Crippen LogP contribution is 2.16. The molecule has 9 nitrogen and oxygen atoms in total. The van der Waals surface area contributed by atoms with Crippen LogP contribution in [0, 0.1) is 0 Å². The highest BCUT2D eigenvalue weighted by Gasteiger charge is 2.12. The van der Waals surface area contributed by atoms with Gasteiger partial charge in [-0.1, -0.05) is 11.8 Å². The van der Waals surface area contributed by atoms with Crippen LogP contribution in [0.25, 0.3) is 0 Å². The lowest BCUT2D eigenvalue weighted by Gasteiger charge is -2.05. The lowest BCUT2D eigenvalue weighted by Crippen LogP contribution is -2.15. The van der Waals surface area contributed by atoms with E-state index in [0.717, 1.165) is 11.8 Å². The number of nitrogens with zero attached hydrogens (tertiary/aromatic N) is 1. The largest absolute Gasteiger partial charge is 0.461 e. The van der Waals surface area contributed by atoms with Crippen molar-refractivity contribution in [1.82, 2.24) is 9.97 Å². The van der Waals surface area contributed by atoms with Crippen molar-refractivity contribution in [2.24, 2.45) is 5.14 Å². The molecule has 2 aromatic rings. The average Bonchev–Trinajstić information content (AvgIpc) is 3.02. The maximum Gasteiger partial charge on any atom is 0.356 e. The van der Waals surface area contributed by atoms with Gasteiger partial charge < -0.3 is 15.0 Å². The van der Waals surface area contributed by atoms with Crippen LogP contribution in [-0.4, -0.2) is 42.6 Å². The van der Waals surface area contributed by atoms with Gasteiger partial charge in [0.15, 0.2) is 5.16 Å². The lowest BCUT2D eigenvalue weighted by atomic mass is 10.3. The molecule has 0 bridgehead atoms. The molecule has 134 valence electrons. The second-order valence-electron chi connectivity index (χ2n) is 4.73. The fourth-order valence-electron chi connectivity index (χ4n) is 1.75. The molecule has 1 aromatic heterocycles. The number of primary sulfonamides is 1. The molecule has 1 aromatic carbocycles. The van der Waals surface area contributed by atoms with Crippen LogP contribution in [0.2, 0.25) is 0 Å². The Balaban J connectivity index is 1.87. The number of hydrogen-bond donors (Lipinski definition) is 3. The van der Waals surface area contributed by atoms with Gasteiger partial charge in [0.05, 0.1) is 23.5 Å². The van der Waals surface area contributed by atoms with Crippen LogP contribution in [-0.2, 0) is 19.6 Å². The zero-order chi connectivity index (χ0) is 18.4. The number of H-pyrrole nitrogens is 1. The first-order valence-corrected chi connectivity index (χ1v) is 9.60. The van der Waals surface area contributed by atoms with Crippen molar-refractivity contribution in [3.8, 4) is 0 Å². The van der Waals surface area contributed by atoms with Crippen LogP contribution >= 0.6 is 11.8 Å². The van der Waals surface area contributed by atoms with Crippen LogP contribution in [0.1, 0.15) is 17.4 Å². The molecule has 0 unspecified atom stereocenters. The van der Waals surface area contributed by atoms with E-state index in [0.29, 0.717) is 10.8 Å². The number of hydrogen-bond acceptors (Lipinski definition) is 7. The summed E-state index contributed by atoms with van der Waals surface area (Å²) in [7, 11) is -3.77. The van der Waals surface area contributed by atoms with Crippen molar-refractivity contribution in [1.29, 1.82) is 0 Å². The quantitative estimate of drug-likeness (QED) is 0.476. The third-order valence-electron chi connectivity index (χ3n) is 2.85. The van der Waals surface area contributed by atoms with Gasteiger partial charge in [0, 0.05) is 5.69 Å². The summed E-state index contributed by atoms with van der Waals surface area (Å²) in [5.74, 6) is -0.782. The SMILES string of the molecule is CCOC(=O)c1cnc(SCC(=O)Nc2ccc(S(N)(=O)=O)cc2)[nH]1. The summed E-state index contributed by atoms with van der Waals surface area (Å²) in [4.78, 5) is 30.1. The Bertz CT molecular complexity index is 862. The summed E-state index contributed by atoms with van der Waals surface area (Å²) in [6, 6.07) is 5.48. The van der Waals surface area contributed by atoms with Gasteiger partial charge in [0.25, 0.3) is 0 Å². The Hall–Kier alpha value is -2.37. The number of anilines is 1. The predicted molar refractivity (Wildman–Crippen MR) is 91.7 cm³/mol. The molecule has 0 aliphatic carbocycles. The van der Waals surface area contributed by atoms with Crippen LogP contribution in [0.4, 0.5) is 5.69 Å². The summed E-state index contributed by atoms with van der Waals surface area (Å²) >= 11 is 1.11. The number of carbonyl (C=O) groups is 2. The zero-order valence-electron chi connectivity index (χ0n) is 13.2. The molecular weight excluding hydrogens is 368 g/mol. The first kappa shape index (κ1) is 19.0. The number of ether oxygens (including phenoxy) is 1. The van der Waals surface area contributed by atoms with Crippen molar-refractivity contribution in [2.45, 2.75) is 17.0 Å². The number of amides is 1. The lowest BCUT2D eigenvalue weighted by molar-refractivity contribution is -0.113. The van der Waals surface area contributed by atoms with Crippen LogP contribution < -0.4 is 10.5 Å². The van der Waals surface area contributed by atoms with Crippen LogP contribution in [0.15, 0.2) is 40.5 Å². The smallest absolute Gasteiger partial charge is 0.356 e. The van der Waals surface area contributed by atoms with E-state index in [1.807, 2.05) is 0 Å². The summed E-state index contributed by atoms with van der Waals surface area (Å²) < 4.78 is 27.1. The maximum absolute atomic E-state index is 11.9. The van der Waals surface area contributed by atoms with Crippen molar-refractivity contribution < 1.29 is 22.7 Å². The van der Waals surface area contributed by atoms with Crippen molar-refractivity contribution in [3.63, 3.8) is 0 Å². The minimum absolute atomic E-state index is 0.0399. The van der Waals surface area contributed by atoms with Gasteiger partial charge in [0.2, 0.25) is 15.9 Å². The number of nitrogens with one attached hydrogen (secondary N) is 2. The normalized spacial score (nSPS) is 11.1. The highest BCUT2D eigenvalue weighted by molar-refractivity contribution is 7.99. The second-order valence-corrected chi connectivity index (χ2v) is 7.25. The Kier molecular flexibility index (Phi) is 6.17. The number of carbonyl (C=O) groups excluding carboxylic acids is 2. The first-order valence-electron chi connectivity index (χ1n) is 7.07. The number of thioether (sulfide) groups is 1. The van der Waals surface area contributed by atoms with Gasteiger partial charge in [-0.25, -0.2) is 23.3 Å². The fraction of sp³-hybridized carbons (Fsp3) is 0.214. The van der Waals surface area contributed by atoms with E-state index >= 15 is 0 Å². The average molecular weight is 384 g/mol. The number of aromatic nitrogens is 2. The van der Waals surface area contributed by atoms with Gasteiger partial charge in [-0.15, -0.1) is 0 Å². The number of aromatic amines is 1. The number of sulfonamides is 1. The van der Waals surface area contributed by atoms with E-state index in [1.54, 1.807) is 6.92 Å². The van der Waals surface area contributed by atoms with E-state index in [4.69, 9.17) is 9.88 Å². The minimum Gasteiger partial charge on any atom is -0.461 e. The summed E-state index contributed by atoms with van der Waals surface area (Å²) in [6.45, 7) is 1.96. The first-order chi connectivity index (χ1) is 11.8. The Morgan fingerprint density at radius 2 is 2.00 bits per heavy atom. The van der Waals surface area contributed by atoms with Crippen molar-refractivity contribution in [2.75, 3.05) is 17.7 Å². The monoisotopic (exact) mass is 384 g/mol. The number of benzene rings is 1. The van der Waals surface area contributed by atoms with Gasteiger partial charge in [-0.2, -0.15) is 0 Å². The molecule has 0 radical (unpaired) electrons. The zero-order valence-corrected chi connectivity index (χ0v) is 14.8. The molecule has 0 fully saturated rings. The molecule has 0 atom stereocenters. The Morgan fingerprint density at radius 3 is 2.60 bits per heavy atom. The molecule has 25 heavy (non-hydrogen) atoms. The van der Waals surface area contributed by atoms with E-state index in [2.05, 4.69) is 15.3 Å². The molecule has 0 saturated carbocycles. The second kappa shape index (κ2) is 8.14. The molecular formula is C14H16N4O5S2. The third kappa shape index (κ3) is 5.59. The van der Waals surface area contributed by atoms with E-state index in [9.17, 15) is 18.0 Å². The molecule has 1 amide bonds. The summed E-state index contributed by atoms with van der Waals surface area (Å²) in [5, 5.41) is 8.02. The Morgan fingerprint density at radius 1 is 1.32 bits per heavy atom. The molecule has 0 aliphatic rings. The van der Waals surface area contributed by atoms with E-state index in [-0.39, 0.29) is 28.9 Å². The predicted octanol–water partition coefficient (Wildman–Crippen LogP) is 0.965. The molecule has 0 spiro atoms. The number of rotatable bonds is 7. The van der Waals surface area contributed by atoms with Gasteiger partial charge in [-0.05, 0) is 31.2 Å². The molecule has 2 rings (SSSR count). The molecule has 0 aliphatic heterocycles. The van der Waals surface area contributed by atoms with Gasteiger partial charge in [-0.3, -0.25) is 4.79 Å². The standard InChI is InChI=1S/C14H16N4O5S2/c1-2-23-13(20)11-7-16-14(18-11)24-8-12(19)17-9-3-5-10(6-4-9)25(15,21)22/h3-7H,2,8H2,1H3,(H,16,18)(H,17,19)(H2,15,21,22). The van der Waals surface area contributed by atoms with Crippen LogP contribution in [0.3, 0.4) is 0 Å². The highest BCUT2D eigenvalue weighted by atomic mass is 32.2. The maximum atomic E-state index is 11.9. The number of esters is 1. The minimum atomic E-state index is -3.77. The van der Waals surface area contributed by atoms with Crippen molar-refractivity contribution in [3.05, 3.63) is 36.2 Å². The third-order valence-corrected chi connectivity index (χ3v) is 4.67. The summed E-state index contributed by atoms with van der Waals surface area (Å²) in [5.41, 5.74) is 0.646. The van der Waals surface area contributed by atoms with E-state index in [1.165, 1.54) is 30.5 Å². The molecule has 1 heterocycles. The van der Waals surface area contributed by atoms with Crippen LogP contribution in [0.5, 0.6) is 0 Å². The molecule has 11 heteroatoms. The number of nitrogens with two attached hydrogens (primary N) is 1.